The van der Waals surface area contributed by atoms with Crippen molar-refractivity contribution in [2.24, 2.45) is 5.73 Å². The molecule has 33 heavy (non-hydrogen) atoms. The monoisotopic (exact) mass is 477 g/mol. The summed E-state index contributed by atoms with van der Waals surface area (Å²) in [5.41, 5.74) is 8.45. The van der Waals surface area contributed by atoms with Gasteiger partial charge in [-0.05, 0) is 49.5 Å². The fraction of sp³-hybridized carbons (Fsp3) is 0.522. The molecule has 7 N–H and O–H groups in total. The Hall–Kier alpha value is -2.72. The Morgan fingerprint density at radius 1 is 1.24 bits per heavy atom. The van der Waals surface area contributed by atoms with Gasteiger partial charge in [0.05, 0.1) is 11.9 Å². The number of nitrogens with two attached hydrogens (primary N) is 1. The van der Waals surface area contributed by atoms with Crippen LogP contribution in [0.3, 0.4) is 0 Å². The minimum absolute atomic E-state index is 0.0754. The van der Waals surface area contributed by atoms with E-state index in [9.17, 15) is 19.5 Å². The molecule has 0 radical (unpaired) electrons. The molecule has 0 bridgehead atoms. The van der Waals surface area contributed by atoms with Gasteiger partial charge in [0.15, 0.2) is 0 Å². The summed E-state index contributed by atoms with van der Waals surface area (Å²) < 4.78 is 0. The van der Waals surface area contributed by atoms with Crippen molar-refractivity contribution in [3.05, 3.63) is 41.2 Å². The molecule has 2 atom stereocenters. The van der Waals surface area contributed by atoms with Gasteiger partial charge in [-0.2, -0.15) is 0 Å². The largest absolute Gasteiger partial charge is 0.480 e. The zero-order valence-electron chi connectivity index (χ0n) is 19.3. The summed E-state index contributed by atoms with van der Waals surface area (Å²) in [6.45, 7) is 4.77. The van der Waals surface area contributed by atoms with Crippen molar-refractivity contribution in [2.45, 2.75) is 58.0 Å². The maximum atomic E-state index is 12.2. The molecule has 0 saturated carbocycles. The maximum absolute atomic E-state index is 12.2. The van der Waals surface area contributed by atoms with Crippen molar-refractivity contribution in [3.8, 4) is 0 Å². The Bertz CT molecular complexity index is 838. The van der Waals surface area contributed by atoms with Gasteiger partial charge < -0.3 is 26.8 Å². The second-order valence-corrected chi connectivity index (χ2v) is 9.08. The summed E-state index contributed by atoms with van der Waals surface area (Å²) in [5.74, 6) is 0.570. The van der Waals surface area contributed by atoms with Crippen LogP contribution < -0.4 is 27.0 Å². The van der Waals surface area contributed by atoms with Crippen LogP contribution in [0.15, 0.2) is 35.7 Å². The van der Waals surface area contributed by atoms with E-state index in [0.29, 0.717) is 29.6 Å². The topological polar surface area (TPSA) is 146 Å². The Morgan fingerprint density at radius 2 is 1.97 bits per heavy atom. The summed E-state index contributed by atoms with van der Waals surface area (Å²) >= 11 is 1.60. The Kier molecular flexibility index (Phi) is 11.0. The third-order valence-corrected chi connectivity index (χ3v) is 6.40. The number of benzene rings is 1. The number of aliphatic carboxylic acids is 1. The van der Waals surface area contributed by atoms with E-state index in [2.05, 4.69) is 28.2 Å². The van der Waals surface area contributed by atoms with E-state index in [4.69, 9.17) is 5.73 Å². The first-order valence-corrected chi connectivity index (χ1v) is 12.4. The van der Waals surface area contributed by atoms with Crippen molar-refractivity contribution in [1.82, 2.24) is 16.0 Å². The van der Waals surface area contributed by atoms with Crippen LogP contribution in [0, 0.1) is 0 Å². The molecule has 0 spiro atoms. The molecule has 2 amide bonds. The molecule has 1 aliphatic rings. The molecular formula is C23H35N5O4S. The van der Waals surface area contributed by atoms with Gasteiger partial charge in [-0.25, -0.2) is 4.79 Å². The minimum atomic E-state index is -1.08. The van der Waals surface area contributed by atoms with E-state index < -0.39 is 12.0 Å². The Labute approximate surface area is 199 Å². The number of hydrogen-bond donors (Lipinski definition) is 6. The highest BCUT2D eigenvalue weighted by Gasteiger charge is 2.27. The first-order chi connectivity index (χ1) is 15.8. The van der Waals surface area contributed by atoms with E-state index in [1.807, 2.05) is 6.92 Å². The van der Waals surface area contributed by atoms with Gasteiger partial charge in [-0.15, -0.1) is 11.8 Å². The highest BCUT2D eigenvalue weighted by atomic mass is 32.2. The molecule has 182 valence electrons. The van der Waals surface area contributed by atoms with Gasteiger partial charge in [-0.3, -0.25) is 14.9 Å². The van der Waals surface area contributed by atoms with E-state index in [1.54, 1.807) is 36.0 Å². The van der Waals surface area contributed by atoms with Gasteiger partial charge in [-0.1, -0.05) is 19.1 Å². The van der Waals surface area contributed by atoms with Crippen LogP contribution >= 0.6 is 11.8 Å². The van der Waals surface area contributed by atoms with Crippen molar-refractivity contribution in [1.29, 1.82) is 0 Å². The third kappa shape index (κ3) is 9.35. The molecule has 2 unspecified atom stereocenters. The zero-order valence-corrected chi connectivity index (χ0v) is 20.1. The number of thioether (sulfide) groups is 1. The molecule has 9 nitrogen and oxygen atoms in total. The van der Waals surface area contributed by atoms with Crippen LogP contribution in [-0.4, -0.2) is 53.1 Å². The van der Waals surface area contributed by atoms with Crippen LogP contribution in [-0.2, 0) is 20.8 Å². The number of nitrogens with one attached hydrogen (secondary N) is 4. The lowest BCUT2D eigenvalue weighted by Crippen LogP contribution is -2.50. The number of carbonyl (C=O) groups excluding carboxylic acids is 2. The number of carbonyl (C=O) groups is 3. The van der Waals surface area contributed by atoms with Crippen molar-refractivity contribution in [3.63, 3.8) is 0 Å². The standard InChI is InChI=1S/C23H35N5O4S/c1-3-15(2)21(24)25-11-5-4-6-20(29)27-17-9-7-16(8-10-17)12-18(23(31)32)28-22(30)19-13-33-14-26-19/h7-10,18-19,25-26H,3-6,11-14,24H2,1-2H3,(H,27,29)(H,28,30)(H,31,32). The summed E-state index contributed by atoms with van der Waals surface area (Å²) in [6, 6.07) is 5.63. The van der Waals surface area contributed by atoms with Crippen LogP contribution in [0.5, 0.6) is 0 Å². The fourth-order valence-corrected chi connectivity index (χ4v) is 4.14. The van der Waals surface area contributed by atoms with E-state index >= 15 is 0 Å². The lowest BCUT2D eigenvalue weighted by atomic mass is 10.0. The molecule has 1 aromatic rings. The first kappa shape index (κ1) is 26.5. The van der Waals surface area contributed by atoms with E-state index in [-0.39, 0.29) is 24.3 Å². The second kappa shape index (κ2) is 13.7. The smallest absolute Gasteiger partial charge is 0.326 e. The summed E-state index contributed by atoms with van der Waals surface area (Å²) in [7, 11) is 0. The highest BCUT2D eigenvalue weighted by Crippen LogP contribution is 2.14. The number of anilines is 1. The highest BCUT2D eigenvalue weighted by molar-refractivity contribution is 7.99. The predicted molar refractivity (Wildman–Crippen MR) is 132 cm³/mol. The van der Waals surface area contributed by atoms with Gasteiger partial charge in [0.1, 0.15) is 6.04 Å². The van der Waals surface area contributed by atoms with Crippen LogP contribution in [0.1, 0.15) is 45.1 Å². The molecule has 2 rings (SSSR count). The average molecular weight is 478 g/mol. The number of amides is 2. The number of rotatable bonds is 13. The number of unbranched alkanes of at least 4 members (excludes halogenated alkanes) is 1. The number of carboxylic acid groups (broad SMARTS) is 1. The lowest BCUT2D eigenvalue weighted by Gasteiger charge is -2.17. The van der Waals surface area contributed by atoms with Crippen molar-refractivity contribution in [2.75, 3.05) is 23.5 Å². The number of hydrogen-bond acceptors (Lipinski definition) is 7. The summed E-state index contributed by atoms with van der Waals surface area (Å²) in [4.78, 5) is 36.0. The SMILES string of the molecule is CCC(C)=C(N)NCCCCC(=O)Nc1ccc(CC(NC(=O)C2CSCN2)C(=O)O)cc1. The predicted octanol–water partition coefficient (Wildman–Crippen LogP) is 1.76. The molecule has 1 aromatic carbocycles. The van der Waals surface area contributed by atoms with Gasteiger partial charge in [0.2, 0.25) is 11.8 Å². The third-order valence-electron chi connectivity index (χ3n) is 5.46. The lowest BCUT2D eigenvalue weighted by molar-refractivity contribution is -0.142. The molecule has 0 aliphatic carbocycles. The molecule has 10 heteroatoms. The maximum Gasteiger partial charge on any atom is 0.326 e. The van der Waals surface area contributed by atoms with Crippen LogP contribution in [0.25, 0.3) is 0 Å². The second-order valence-electron chi connectivity index (χ2n) is 8.05. The summed E-state index contributed by atoms with van der Waals surface area (Å²) in [5, 5.41) is 21.1. The minimum Gasteiger partial charge on any atom is -0.480 e. The average Bonchev–Trinajstić information content (AvgIpc) is 3.34. The van der Waals surface area contributed by atoms with Crippen molar-refractivity contribution < 1.29 is 19.5 Å². The van der Waals surface area contributed by atoms with Gasteiger partial charge in [0.25, 0.3) is 0 Å². The first-order valence-electron chi connectivity index (χ1n) is 11.2. The normalized spacial score (nSPS) is 17.1. The molecule has 1 heterocycles. The van der Waals surface area contributed by atoms with E-state index in [0.717, 1.165) is 36.9 Å². The number of allylic oxidation sites excluding steroid dienone is 1. The quantitative estimate of drug-likeness (QED) is 0.236. The fourth-order valence-electron chi connectivity index (χ4n) is 3.19. The number of carboxylic acids is 1. The van der Waals surface area contributed by atoms with Crippen molar-refractivity contribution >= 4 is 35.2 Å². The zero-order chi connectivity index (χ0) is 24.2. The molecule has 0 aromatic heterocycles. The van der Waals surface area contributed by atoms with Gasteiger partial charge >= 0.3 is 5.97 Å². The van der Waals surface area contributed by atoms with Crippen LogP contribution in [0.2, 0.25) is 0 Å². The van der Waals surface area contributed by atoms with Gasteiger partial charge in [0, 0.05) is 36.7 Å². The Morgan fingerprint density at radius 3 is 2.58 bits per heavy atom. The van der Waals surface area contributed by atoms with E-state index in [1.165, 1.54) is 0 Å². The molecular weight excluding hydrogens is 442 g/mol. The molecule has 1 aliphatic heterocycles. The van der Waals surface area contributed by atoms with Crippen LogP contribution in [0.4, 0.5) is 5.69 Å². The molecule has 1 fully saturated rings. The molecule has 1 saturated heterocycles. The summed E-state index contributed by atoms with van der Waals surface area (Å²) in [6.07, 6.45) is 3.05. The Balaban J connectivity index is 1.75.